The molecule has 19 heavy (non-hydrogen) atoms. The molecule has 2 fully saturated rings. The Morgan fingerprint density at radius 2 is 2.21 bits per heavy atom. The molecule has 2 aliphatic rings. The number of carbonyl (C=O) groups is 2. The third kappa shape index (κ3) is 3.76. The summed E-state index contributed by atoms with van der Waals surface area (Å²) in [6, 6.07) is 0.0531. The van der Waals surface area contributed by atoms with Crippen molar-refractivity contribution in [3.8, 4) is 0 Å². The average molecular weight is 288 g/mol. The minimum atomic E-state index is -1.01. The van der Waals surface area contributed by atoms with E-state index in [1.165, 1.54) is 4.90 Å². The smallest absolute Gasteiger partial charge is 0.334 e. The Morgan fingerprint density at radius 1 is 1.42 bits per heavy atom. The predicted octanol–water partition coefficient (Wildman–Crippen LogP) is 0.765. The van der Waals surface area contributed by atoms with E-state index in [-0.39, 0.29) is 25.2 Å². The van der Waals surface area contributed by atoms with Crippen molar-refractivity contribution in [3.05, 3.63) is 0 Å². The number of aliphatic carboxylic acids is 1. The molecule has 1 aliphatic heterocycles. The van der Waals surface area contributed by atoms with Crippen LogP contribution in [0.3, 0.4) is 0 Å². The molecule has 0 aromatic rings. The summed E-state index contributed by atoms with van der Waals surface area (Å²) in [5.74, 6) is -1.01. The van der Waals surface area contributed by atoms with Crippen LogP contribution in [0.25, 0.3) is 0 Å². The lowest BCUT2D eigenvalue weighted by molar-refractivity contribution is -0.154. The molecule has 1 saturated carbocycles. The van der Waals surface area contributed by atoms with Crippen molar-refractivity contribution >= 4 is 23.8 Å². The number of urea groups is 1. The van der Waals surface area contributed by atoms with Crippen molar-refractivity contribution in [1.82, 2.24) is 10.2 Å². The molecule has 2 rings (SSSR count). The van der Waals surface area contributed by atoms with Crippen LogP contribution in [0.4, 0.5) is 4.79 Å². The van der Waals surface area contributed by atoms with Crippen LogP contribution in [-0.2, 0) is 9.53 Å². The number of morpholine rings is 1. The van der Waals surface area contributed by atoms with Crippen LogP contribution >= 0.6 is 11.8 Å². The normalized spacial score (nSPS) is 31.2. The van der Waals surface area contributed by atoms with Crippen LogP contribution in [0.15, 0.2) is 0 Å². The minimum absolute atomic E-state index is 0.125. The molecule has 7 heteroatoms. The highest BCUT2D eigenvalue weighted by molar-refractivity contribution is 7.99. The molecule has 0 aromatic heterocycles. The maximum absolute atomic E-state index is 12.1. The third-order valence-corrected chi connectivity index (χ3v) is 4.77. The highest BCUT2D eigenvalue weighted by Gasteiger charge is 2.31. The highest BCUT2D eigenvalue weighted by Crippen LogP contribution is 2.28. The van der Waals surface area contributed by atoms with Gasteiger partial charge in [0.2, 0.25) is 0 Å². The van der Waals surface area contributed by atoms with Crippen LogP contribution < -0.4 is 5.32 Å². The lowest BCUT2D eigenvalue weighted by Crippen LogP contribution is -2.53. The largest absolute Gasteiger partial charge is 0.479 e. The molecule has 1 heterocycles. The number of nitrogens with zero attached hydrogens (tertiary/aromatic N) is 1. The number of thioether (sulfide) groups is 1. The van der Waals surface area contributed by atoms with E-state index in [9.17, 15) is 9.59 Å². The van der Waals surface area contributed by atoms with Crippen LogP contribution in [-0.4, -0.2) is 65.4 Å². The van der Waals surface area contributed by atoms with E-state index >= 15 is 0 Å². The standard InChI is InChI=1S/C12H20N2O4S/c1-19-9-3-2-8(6-9)13-12(17)14-4-5-18-10(7-14)11(15)16/h8-10H,2-7H2,1H3,(H,13,17)(H,15,16). The fourth-order valence-corrected chi connectivity index (χ4v) is 3.33. The van der Waals surface area contributed by atoms with Gasteiger partial charge in [0.05, 0.1) is 13.2 Å². The van der Waals surface area contributed by atoms with Gasteiger partial charge in [0.15, 0.2) is 6.10 Å². The Hall–Kier alpha value is -0.950. The molecule has 0 radical (unpaired) electrons. The number of carboxylic acid groups (broad SMARTS) is 1. The number of rotatable bonds is 3. The van der Waals surface area contributed by atoms with Crippen molar-refractivity contribution in [3.63, 3.8) is 0 Å². The van der Waals surface area contributed by atoms with Crippen LogP contribution in [0, 0.1) is 0 Å². The van der Waals surface area contributed by atoms with Gasteiger partial charge in [-0.15, -0.1) is 0 Å². The summed E-state index contributed by atoms with van der Waals surface area (Å²) in [5.41, 5.74) is 0. The van der Waals surface area contributed by atoms with Gasteiger partial charge in [-0.2, -0.15) is 11.8 Å². The van der Waals surface area contributed by atoms with Crippen LogP contribution in [0.1, 0.15) is 19.3 Å². The molecule has 3 atom stereocenters. The molecule has 6 nitrogen and oxygen atoms in total. The molecule has 1 saturated heterocycles. The van der Waals surface area contributed by atoms with E-state index in [1.807, 2.05) is 11.8 Å². The molecule has 0 spiro atoms. The monoisotopic (exact) mass is 288 g/mol. The first-order chi connectivity index (χ1) is 9.10. The van der Waals surface area contributed by atoms with E-state index in [0.717, 1.165) is 19.3 Å². The molecule has 1 aliphatic carbocycles. The summed E-state index contributed by atoms with van der Waals surface area (Å²) in [5, 5.41) is 12.5. The first-order valence-electron chi connectivity index (χ1n) is 6.52. The van der Waals surface area contributed by atoms with Crippen molar-refractivity contribution in [2.45, 2.75) is 36.7 Å². The predicted molar refractivity (Wildman–Crippen MR) is 72.4 cm³/mol. The van der Waals surface area contributed by atoms with E-state index in [4.69, 9.17) is 9.84 Å². The topological polar surface area (TPSA) is 78.9 Å². The van der Waals surface area contributed by atoms with Crippen molar-refractivity contribution in [2.24, 2.45) is 0 Å². The Bertz CT molecular complexity index is 353. The van der Waals surface area contributed by atoms with Gasteiger partial charge >= 0.3 is 12.0 Å². The molecule has 2 amide bonds. The van der Waals surface area contributed by atoms with Gasteiger partial charge in [0, 0.05) is 17.8 Å². The number of nitrogens with one attached hydrogen (secondary N) is 1. The second-order valence-corrected chi connectivity index (χ2v) is 6.10. The Kier molecular flexibility index (Phi) is 4.93. The highest BCUT2D eigenvalue weighted by atomic mass is 32.2. The molecule has 0 aromatic carbocycles. The van der Waals surface area contributed by atoms with Crippen molar-refractivity contribution in [1.29, 1.82) is 0 Å². The van der Waals surface area contributed by atoms with Gasteiger partial charge in [-0.3, -0.25) is 0 Å². The Balaban J connectivity index is 1.81. The van der Waals surface area contributed by atoms with Gasteiger partial charge in [-0.1, -0.05) is 0 Å². The van der Waals surface area contributed by atoms with Crippen LogP contribution in [0.5, 0.6) is 0 Å². The van der Waals surface area contributed by atoms with Gasteiger partial charge in [-0.25, -0.2) is 9.59 Å². The van der Waals surface area contributed by atoms with E-state index in [0.29, 0.717) is 11.8 Å². The zero-order valence-electron chi connectivity index (χ0n) is 11.0. The summed E-state index contributed by atoms with van der Waals surface area (Å²) in [7, 11) is 0. The number of carboxylic acids is 1. The summed E-state index contributed by atoms with van der Waals surface area (Å²) < 4.78 is 5.10. The summed E-state index contributed by atoms with van der Waals surface area (Å²) in [6.45, 7) is 0.858. The Morgan fingerprint density at radius 3 is 2.84 bits per heavy atom. The van der Waals surface area contributed by atoms with E-state index in [1.54, 1.807) is 0 Å². The van der Waals surface area contributed by atoms with Crippen molar-refractivity contribution < 1.29 is 19.4 Å². The molecular formula is C12H20N2O4S. The summed E-state index contributed by atoms with van der Waals surface area (Å²) in [6.07, 6.45) is 4.33. The SMILES string of the molecule is CSC1CCC(NC(=O)N2CCOC(C(=O)O)C2)C1. The lowest BCUT2D eigenvalue weighted by atomic mass is 10.2. The summed E-state index contributed by atoms with van der Waals surface area (Å²) >= 11 is 1.84. The number of ether oxygens (including phenoxy) is 1. The zero-order chi connectivity index (χ0) is 13.8. The van der Waals surface area contributed by atoms with E-state index < -0.39 is 12.1 Å². The average Bonchev–Trinajstić information content (AvgIpc) is 2.86. The quantitative estimate of drug-likeness (QED) is 0.802. The molecule has 3 unspecified atom stereocenters. The Labute approximate surface area is 116 Å². The first-order valence-corrected chi connectivity index (χ1v) is 7.81. The first kappa shape index (κ1) is 14.5. The van der Waals surface area contributed by atoms with Gasteiger partial charge in [0.1, 0.15) is 0 Å². The lowest BCUT2D eigenvalue weighted by Gasteiger charge is -2.31. The van der Waals surface area contributed by atoms with Gasteiger partial charge < -0.3 is 20.1 Å². The number of amides is 2. The number of hydrogen-bond donors (Lipinski definition) is 2. The molecule has 2 N–H and O–H groups in total. The zero-order valence-corrected chi connectivity index (χ0v) is 11.8. The fourth-order valence-electron chi connectivity index (χ4n) is 2.53. The maximum Gasteiger partial charge on any atom is 0.334 e. The summed E-state index contributed by atoms with van der Waals surface area (Å²) in [4.78, 5) is 24.5. The molecule has 0 bridgehead atoms. The minimum Gasteiger partial charge on any atom is -0.479 e. The fraction of sp³-hybridized carbons (Fsp3) is 0.833. The van der Waals surface area contributed by atoms with E-state index in [2.05, 4.69) is 11.6 Å². The third-order valence-electron chi connectivity index (χ3n) is 3.67. The van der Waals surface area contributed by atoms with Gasteiger partial charge in [0.25, 0.3) is 0 Å². The van der Waals surface area contributed by atoms with Crippen LogP contribution in [0.2, 0.25) is 0 Å². The van der Waals surface area contributed by atoms with Crippen molar-refractivity contribution in [2.75, 3.05) is 26.0 Å². The second kappa shape index (κ2) is 6.47. The molecule has 108 valence electrons. The maximum atomic E-state index is 12.1. The molecular weight excluding hydrogens is 268 g/mol. The second-order valence-electron chi connectivity index (χ2n) is 4.96. The number of hydrogen-bond acceptors (Lipinski definition) is 4. The number of carbonyl (C=O) groups excluding carboxylic acids is 1. The van der Waals surface area contributed by atoms with Gasteiger partial charge in [-0.05, 0) is 25.5 Å².